The largest absolute Gasteiger partial charge is 0.366 e. The van der Waals surface area contributed by atoms with Crippen LogP contribution in [0.5, 0.6) is 0 Å². The Hall–Kier alpha value is -3.55. The number of hydrogen-bond donors (Lipinski definition) is 1. The smallest absolute Gasteiger partial charge is 0.329 e. The van der Waals surface area contributed by atoms with Crippen LogP contribution in [0.25, 0.3) is 11.3 Å². The minimum absolute atomic E-state index is 0.0827. The third kappa shape index (κ3) is 3.24. The SMILES string of the molecule is CCc1cnc(NC(=O)N2c3nc(-c4ccc(C)nc4)ccc3N3CC[C@H]2C3)cn1. The van der Waals surface area contributed by atoms with Gasteiger partial charge in [-0.3, -0.25) is 20.2 Å². The summed E-state index contributed by atoms with van der Waals surface area (Å²) in [6.45, 7) is 5.70. The number of carbonyl (C=O) groups excluding carboxylic acids is 1. The Morgan fingerprint density at radius 1 is 1.13 bits per heavy atom. The second-order valence-corrected chi connectivity index (χ2v) is 7.66. The Bertz CT molecular complexity index is 1080. The summed E-state index contributed by atoms with van der Waals surface area (Å²) in [6, 6.07) is 7.87. The van der Waals surface area contributed by atoms with E-state index < -0.39 is 0 Å². The molecule has 0 radical (unpaired) electrons. The molecule has 8 heteroatoms. The maximum atomic E-state index is 13.2. The van der Waals surface area contributed by atoms with Gasteiger partial charge in [0, 0.05) is 30.5 Å². The summed E-state index contributed by atoms with van der Waals surface area (Å²) >= 11 is 0. The van der Waals surface area contributed by atoms with Crippen molar-refractivity contribution in [2.24, 2.45) is 0 Å². The summed E-state index contributed by atoms with van der Waals surface area (Å²) in [7, 11) is 0. The fourth-order valence-electron chi connectivity index (χ4n) is 4.02. The zero-order chi connectivity index (χ0) is 20.7. The summed E-state index contributed by atoms with van der Waals surface area (Å²) in [5.41, 5.74) is 4.55. The van der Waals surface area contributed by atoms with Crippen molar-refractivity contribution in [2.45, 2.75) is 32.7 Å². The lowest BCUT2D eigenvalue weighted by Crippen LogP contribution is -2.48. The molecule has 5 rings (SSSR count). The zero-order valence-corrected chi connectivity index (χ0v) is 17.0. The van der Waals surface area contributed by atoms with Crippen molar-refractivity contribution in [2.75, 3.05) is 28.2 Å². The first-order chi connectivity index (χ1) is 14.6. The molecular weight excluding hydrogens is 378 g/mol. The second kappa shape index (κ2) is 7.37. The van der Waals surface area contributed by atoms with E-state index in [0.717, 1.165) is 54.3 Å². The highest BCUT2D eigenvalue weighted by molar-refractivity contribution is 6.04. The summed E-state index contributed by atoms with van der Waals surface area (Å²) in [6.07, 6.45) is 6.82. The minimum Gasteiger partial charge on any atom is -0.366 e. The van der Waals surface area contributed by atoms with E-state index >= 15 is 0 Å². The standard InChI is InChI=1S/C22H23N7O/c1-3-16-11-25-20(12-24-16)27-22(30)29-17-8-9-28(13-17)19-7-6-18(26-21(19)29)15-5-4-14(2)23-10-15/h4-7,10-12,17H,3,8-9,13H2,1-2H3,(H,25,27,30)/t17-/m0/s1. The Kier molecular flexibility index (Phi) is 4.54. The molecule has 152 valence electrons. The van der Waals surface area contributed by atoms with Crippen molar-refractivity contribution >= 4 is 23.4 Å². The molecule has 1 saturated heterocycles. The molecule has 1 N–H and O–H groups in total. The third-order valence-corrected chi connectivity index (χ3v) is 5.68. The van der Waals surface area contributed by atoms with Gasteiger partial charge in [0.2, 0.25) is 0 Å². The van der Waals surface area contributed by atoms with Crippen LogP contribution in [0.1, 0.15) is 24.7 Å². The number of hydrogen-bond acceptors (Lipinski definition) is 6. The van der Waals surface area contributed by atoms with Crippen LogP contribution in [-0.2, 0) is 6.42 Å². The predicted octanol–water partition coefficient (Wildman–Crippen LogP) is 3.44. The molecule has 2 amide bonds. The fourth-order valence-corrected chi connectivity index (χ4v) is 4.02. The molecule has 0 unspecified atom stereocenters. The number of fused-ring (bicyclic) bond motifs is 4. The molecule has 1 fully saturated rings. The van der Waals surface area contributed by atoms with Crippen molar-refractivity contribution in [1.82, 2.24) is 19.9 Å². The van der Waals surface area contributed by atoms with Gasteiger partial charge in [0.05, 0.1) is 35.5 Å². The highest BCUT2D eigenvalue weighted by atomic mass is 16.2. The van der Waals surface area contributed by atoms with Crippen LogP contribution in [-0.4, -0.2) is 45.1 Å². The highest BCUT2D eigenvalue weighted by Crippen LogP contribution is 2.40. The Morgan fingerprint density at radius 3 is 2.77 bits per heavy atom. The van der Waals surface area contributed by atoms with Gasteiger partial charge in [0.15, 0.2) is 11.6 Å². The van der Waals surface area contributed by atoms with E-state index in [4.69, 9.17) is 4.98 Å². The lowest BCUT2D eigenvalue weighted by Gasteiger charge is -2.35. The quantitative estimate of drug-likeness (QED) is 0.723. The number of carbonyl (C=O) groups is 1. The molecule has 3 aromatic heterocycles. The van der Waals surface area contributed by atoms with Gasteiger partial charge in [-0.2, -0.15) is 0 Å². The molecule has 0 saturated carbocycles. The lowest BCUT2D eigenvalue weighted by atomic mass is 10.1. The fraction of sp³-hybridized carbons (Fsp3) is 0.318. The van der Waals surface area contributed by atoms with E-state index in [0.29, 0.717) is 11.6 Å². The average molecular weight is 401 g/mol. The third-order valence-electron chi connectivity index (χ3n) is 5.68. The van der Waals surface area contributed by atoms with Gasteiger partial charge in [-0.15, -0.1) is 0 Å². The van der Waals surface area contributed by atoms with Crippen LogP contribution >= 0.6 is 0 Å². The Labute approximate surface area is 175 Å². The maximum Gasteiger partial charge on any atom is 0.329 e. The highest BCUT2D eigenvalue weighted by Gasteiger charge is 2.40. The van der Waals surface area contributed by atoms with E-state index in [9.17, 15) is 4.79 Å². The van der Waals surface area contributed by atoms with Gasteiger partial charge in [0.25, 0.3) is 0 Å². The first-order valence-corrected chi connectivity index (χ1v) is 10.2. The average Bonchev–Trinajstić information content (AvgIpc) is 3.19. The molecule has 3 aromatic rings. The van der Waals surface area contributed by atoms with Crippen LogP contribution in [0, 0.1) is 6.92 Å². The van der Waals surface area contributed by atoms with E-state index in [-0.39, 0.29) is 12.1 Å². The first-order valence-electron chi connectivity index (χ1n) is 10.2. The predicted molar refractivity (Wildman–Crippen MR) is 116 cm³/mol. The van der Waals surface area contributed by atoms with Gasteiger partial charge in [-0.25, -0.2) is 14.8 Å². The van der Waals surface area contributed by atoms with Gasteiger partial charge in [-0.05, 0) is 44.0 Å². The van der Waals surface area contributed by atoms with Crippen molar-refractivity contribution in [3.05, 3.63) is 54.2 Å². The molecular formula is C22H23N7O. The summed E-state index contributed by atoms with van der Waals surface area (Å²) in [5.74, 6) is 1.12. The molecule has 2 aliphatic rings. The van der Waals surface area contributed by atoms with Crippen molar-refractivity contribution in [1.29, 1.82) is 0 Å². The number of amides is 2. The number of pyridine rings is 2. The van der Waals surface area contributed by atoms with Crippen molar-refractivity contribution in [3.63, 3.8) is 0 Å². The number of urea groups is 1. The van der Waals surface area contributed by atoms with Crippen LogP contribution in [0.15, 0.2) is 42.9 Å². The normalized spacial score (nSPS) is 17.1. The maximum absolute atomic E-state index is 13.2. The van der Waals surface area contributed by atoms with Crippen LogP contribution < -0.4 is 15.1 Å². The Morgan fingerprint density at radius 2 is 2.03 bits per heavy atom. The van der Waals surface area contributed by atoms with Gasteiger partial charge >= 0.3 is 6.03 Å². The van der Waals surface area contributed by atoms with Gasteiger partial charge in [0.1, 0.15) is 0 Å². The van der Waals surface area contributed by atoms with Crippen molar-refractivity contribution in [3.8, 4) is 11.3 Å². The molecule has 2 bridgehead atoms. The van der Waals surface area contributed by atoms with Gasteiger partial charge < -0.3 is 4.90 Å². The van der Waals surface area contributed by atoms with Crippen LogP contribution in [0.2, 0.25) is 0 Å². The minimum atomic E-state index is -0.229. The topological polar surface area (TPSA) is 87.1 Å². The Balaban J connectivity index is 1.49. The number of anilines is 3. The summed E-state index contributed by atoms with van der Waals surface area (Å²) < 4.78 is 0. The molecule has 30 heavy (non-hydrogen) atoms. The molecule has 0 aromatic carbocycles. The molecule has 8 nitrogen and oxygen atoms in total. The number of nitrogens with one attached hydrogen (secondary N) is 1. The number of nitrogens with zero attached hydrogens (tertiary/aromatic N) is 6. The van der Waals surface area contributed by atoms with E-state index in [1.54, 1.807) is 17.3 Å². The summed E-state index contributed by atoms with van der Waals surface area (Å²) in [5, 5.41) is 2.90. The van der Waals surface area contributed by atoms with E-state index in [1.165, 1.54) is 0 Å². The molecule has 5 heterocycles. The van der Waals surface area contributed by atoms with E-state index in [2.05, 4.69) is 31.2 Å². The number of aromatic nitrogens is 4. The molecule has 2 aliphatic heterocycles. The van der Waals surface area contributed by atoms with Crippen LogP contribution in [0.3, 0.4) is 0 Å². The number of rotatable bonds is 3. The van der Waals surface area contributed by atoms with Gasteiger partial charge in [-0.1, -0.05) is 6.92 Å². The zero-order valence-electron chi connectivity index (χ0n) is 17.0. The van der Waals surface area contributed by atoms with Crippen molar-refractivity contribution < 1.29 is 4.79 Å². The van der Waals surface area contributed by atoms with Crippen LogP contribution in [0.4, 0.5) is 22.1 Å². The van der Waals surface area contributed by atoms with E-state index in [1.807, 2.05) is 38.2 Å². The monoisotopic (exact) mass is 401 g/mol. The molecule has 0 aliphatic carbocycles. The first kappa shape index (κ1) is 18.5. The molecule has 0 spiro atoms. The lowest BCUT2D eigenvalue weighted by molar-refractivity contribution is 0.254. The second-order valence-electron chi connectivity index (χ2n) is 7.66. The summed E-state index contributed by atoms with van der Waals surface area (Å²) in [4.78, 5) is 35.2. The molecule has 1 atom stereocenters. The number of aryl methyl sites for hydroxylation is 2.